The lowest BCUT2D eigenvalue weighted by Crippen LogP contribution is -2.42. The van der Waals surface area contributed by atoms with E-state index in [1.807, 2.05) is 0 Å². The molecule has 0 spiro atoms. The molecule has 0 aromatic carbocycles. The van der Waals surface area contributed by atoms with Crippen LogP contribution in [0.4, 0.5) is 0 Å². The zero-order valence-electron chi connectivity index (χ0n) is 17.8. The highest BCUT2D eigenvalue weighted by atomic mass is 16.7. The minimum atomic E-state index is -0.554. The molecule has 0 aromatic rings. The van der Waals surface area contributed by atoms with Crippen LogP contribution in [0, 0.1) is 5.41 Å². The van der Waals surface area contributed by atoms with Gasteiger partial charge in [-0.2, -0.15) is 0 Å². The van der Waals surface area contributed by atoms with Gasteiger partial charge in [0, 0.05) is 5.41 Å². The van der Waals surface area contributed by atoms with E-state index >= 15 is 0 Å². The molecule has 4 nitrogen and oxygen atoms in total. The summed E-state index contributed by atoms with van der Waals surface area (Å²) in [4.78, 5) is 0. The van der Waals surface area contributed by atoms with E-state index in [-0.39, 0.29) is 30.7 Å². The third-order valence-corrected chi connectivity index (χ3v) is 7.05. The Morgan fingerprint density at radius 3 is 1.52 bits per heavy atom. The van der Waals surface area contributed by atoms with Crippen LogP contribution in [0.2, 0.25) is 0 Å². The fourth-order valence-electron chi connectivity index (χ4n) is 3.67. The van der Waals surface area contributed by atoms with E-state index in [0.29, 0.717) is 0 Å². The average Bonchev–Trinajstić information content (AvgIpc) is 2.77. The van der Waals surface area contributed by atoms with E-state index in [1.165, 1.54) is 0 Å². The summed E-state index contributed by atoms with van der Waals surface area (Å²) in [5.74, 6) is 0. The summed E-state index contributed by atoms with van der Waals surface area (Å²) in [5, 5.41) is 11.0. The van der Waals surface area contributed by atoms with E-state index in [4.69, 9.17) is 14.0 Å². The first-order chi connectivity index (χ1) is 11.2. The van der Waals surface area contributed by atoms with Gasteiger partial charge < -0.3 is 19.1 Å². The Bertz CT molecular complexity index is 536. The van der Waals surface area contributed by atoms with Crippen LogP contribution in [0.25, 0.3) is 0 Å². The summed E-state index contributed by atoms with van der Waals surface area (Å²) < 4.78 is 18.9. The van der Waals surface area contributed by atoms with Gasteiger partial charge in [0.15, 0.2) is 0 Å². The molecule has 1 N–H and O–H groups in total. The first-order valence-electron chi connectivity index (χ1n) is 9.65. The quantitative estimate of drug-likeness (QED) is 0.779. The monoisotopic (exact) mass is 350 g/mol. The zero-order valence-corrected chi connectivity index (χ0v) is 17.8. The maximum atomic E-state index is 11.0. The normalized spacial score (nSPS) is 30.6. The molecule has 0 aliphatic carbocycles. The Balaban J connectivity index is 2.43. The number of allylic oxidation sites excluding steroid dienone is 2. The molecule has 142 valence electrons. The third-order valence-electron chi connectivity index (χ3n) is 7.05. The van der Waals surface area contributed by atoms with Crippen molar-refractivity contribution in [3.63, 3.8) is 0 Å². The molecule has 0 amide bonds. The fourth-order valence-corrected chi connectivity index (χ4v) is 3.67. The van der Waals surface area contributed by atoms with E-state index in [2.05, 4.69) is 69.2 Å². The first kappa shape index (κ1) is 21.0. The molecule has 0 bridgehead atoms. The fraction of sp³-hybridized carbons (Fsp3) is 0.895. The predicted octanol–water partition coefficient (Wildman–Crippen LogP) is 4.00. The Morgan fingerprint density at radius 2 is 1.20 bits per heavy atom. The lowest BCUT2D eigenvalue weighted by molar-refractivity contribution is -0.00633. The second-order valence-corrected chi connectivity index (χ2v) is 9.56. The van der Waals surface area contributed by atoms with Gasteiger partial charge in [-0.25, -0.2) is 0 Å². The number of rotatable bonds is 4. The van der Waals surface area contributed by atoms with E-state index < -0.39 is 11.6 Å². The average molecular weight is 350 g/mol. The number of aliphatic hydroxyl groups is 1. The summed E-state index contributed by atoms with van der Waals surface area (Å²) in [7, 11) is -0.382. The van der Waals surface area contributed by atoms with Crippen LogP contribution < -0.4 is 0 Å². The Morgan fingerprint density at radius 1 is 0.760 bits per heavy atom. The molecule has 25 heavy (non-hydrogen) atoms. The van der Waals surface area contributed by atoms with Gasteiger partial charge >= 0.3 is 14.0 Å². The number of aliphatic hydroxyl groups excluding tert-OH is 1. The van der Waals surface area contributed by atoms with Crippen molar-refractivity contribution in [3.8, 4) is 0 Å². The number of hydrogen-bond acceptors (Lipinski definition) is 4. The highest BCUT2D eigenvalue weighted by Gasteiger charge is 2.59. The lowest BCUT2D eigenvalue weighted by Gasteiger charge is -2.35. The predicted molar refractivity (Wildman–Crippen MR) is 104 cm³/mol. The molecular weight excluding hydrogens is 314 g/mol. The summed E-state index contributed by atoms with van der Waals surface area (Å²) in [6.07, 6.45) is 1.62. The van der Waals surface area contributed by atoms with Crippen molar-refractivity contribution >= 4 is 14.0 Å². The Kier molecular flexibility index (Phi) is 5.38. The Hall–Kier alpha value is -0.290. The van der Waals surface area contributed by atoms with Crippen molar-refractivity contribution in [2.75, 3.05) is 0 Å². The molecule has 2 aliphatic heterocycles. The minimum absolute atomic E-state index is 0.316. The van der Waals surface area contributed by atoms with Gasteiger partial charge in [-0.05, 0) is 59.9 Å². The summed E-state index contributed by atoms with van der Waals surface area (Å²) in [6, 6.07) is -0.554. The number of hydrogen-bond donors (Lipinski definition) is 1. The second-order valence-electron chi connectivity index (χ2n) is 9.56. The van der Waals surface area contributed by atoms with Crippen molar-refractivity contribution in [3.05, 3.63) is 10.9 Å². The molecular formula is C19H36B2O4. The van der Waals surface area contributed by atoms with Crippen LogP contribution in [0.1, 0.15) is 82.1 Å². The van der Waals surface area contributed by atoms with Gasteiger partial charge in [-0.15, -0.1) is 0 Å². The van der Waals surface area contributed by atoms with Crippen LogP contribution in [0.5, 0.6) is 0 Å². The van der Waals surface area contributed by atoms with E-state index in [9.17, 15) is 5.11 Å². The van der Waals surface area contributed by atoms with Gasteiger partial charge in [-0.1, -0.05) is 33.2 Å². The highest BCUT2D eigenvalue weighted by Crippen LogP contribution is 2.48. The van der Waals surface area contributed by atoms with E-state index in [1.54, 1.807) is 0 Å². The van der Waals surface area contributed by atoms with Gasteiger partial charge in [0.1, 0.15) is 0 Å². The highest BCUT2D eigenvalue weighted by molar-refractivity contribution is 6.67. The van der Waals surface area contributed by atoms with Gasteiger partial charge in [0.2, 0.25) is 0 Å². The van der Waals surface area contributed by atoms with Gasteiger partial charge in [0.05, 0.1) is 22.8 Å². The standard InChI is InChI=1S/C19H36B2O4/c1-11-13(20-15(22)16(3,4)17(5,6)23-20)14(12-2)21-24-18(7,8)19(9,10)25-21/h15,22H,11-12H2,1-10H3. The molecule has 2 rings (SSSR count). The van der Waals surface area contributed by atoms with Crippen molar-refractivity contribution in [1.82, 2.24) is 0 Å². The van der Waals surface area contributed by atoms with Crippen LogP contribution in [-0.4, -0.2) is 41.9 Å². The Labute approximate surface area is 154 Å². The van der Waals surface area contributed by atoms with Gasteiger partial charge in [-0.3, -0.25) is 0 Å². The van der Waals surface area contributed by atoms with E-state index in [0.717, 1.165) is 23.8 Å². The largest absolute Gasteiger partial charge is 0.489 e. The molecule has 0 saturated carbocycles. The molecule has 0 aromatic heterocycles. The summed E-state index contributed by atoms with van der Waals surface area (Å²) >= 11 is 0. The third kappa shape index (κ3) is 3.24. The van der Waals surface area contributed by atoms with Crippen LogP contribution in [0.3, 0.4) is 0 Å². The molecule has 1 atom stereocenters. The smallest absolute Gasteiger partial charge is 0.423 e. The van der Waals surface area contributed by atoms with Crippen molar-refractivity contribution in [2.45, 2.75) is 105 Å². The zero-order chi connectivity index (χ0) is 19.4. The maximum absolute atomic E-state index is 11.0. The topological polar surface area (TPSA) is 47.9 Å². The molecule has 0 radical (unpaired) electrons. The van der Waals surface area contributed by atoms with Crippen LogP contribution in [0.15, 0.2) is 10.9 Å². The first-order valence-corrected chi connectivity index (χ1v) is 9.65. The minimum Gasteiger partial charge on any atom is -0.423 e. The molecule has 2 heterocycles. The SMILES string of the molecule is CCC(B1OC(C)(C)C(C)(C)O1)=C(CC)B1OC(C)(C)C(C)(C)C1O. The molecule has 2 saturated heterocycles. The van der Waals surface area contributed by atoms with Crippen LogP contribution in [-0.2, 0) is 14.0 Å². The molecule has 2 aliphatic rings. The maximum Gasteiger partial charge on any atom is 0.489 e. The molecule has 2 fully saturated rings. The molecule has 6 heteroatoms. The molecule has 1 unspecified atom stereocenters. The summed E-state index contributed by atoms with van der Waals surface area (Å²) in [6.45, 7) is 20.5. The van der Waals surface area contributed by atoms with Crippen molar-refractivity contribution in [1.29, 1.82) is 0 Å². The van der Waals surface area contributed by atoms with Crippen molar-refractivity contribution in [2.24, 2.45) is 5.41 Å². The van der Waals surface area contributed by atoms with Crippen molar-refractivity contribution < 1.29 is 19.1 Å². The van der Waals surface area contributed by atoms with Crippen LogP contribution >= 0.6 is 0 Å². The second kappa shape index (κ2) is 6.40. The summed E-state index contributed by atoms with van der Waals surface area (Å²) in [5.41, 5.74) is 0.764. The lowest BCUT2D eigenvalue weighted by atomic mass is 9.47. The van der Waals surface area contributed by atoms with Gasteiger partial charge in [0.25, 0.3) is 0 Å².